The maximum Gasteiger partial charge on any atom is 0.254 e. The van der Waals surface area contributed by atoms with Gasteiger partial charge in [-0.2, -0.15) is 0 Å². The van der Waals surface area contributed by atoms with E-state index in [1.54, 1.807) is 18.4 Å². The molecule has 2 aliphatic rings. The molecular formula is C31H37N3O3S. The van der Waals surface area contributed by atoms with Crippen molar-refractivity contribution < 1.29 is 14.3 Å². The summed E-state index contributed by atoms with van der Waals surface area (Å²) in [6, 6.07) is 20.0. The smallest absolute Gasteiger partial charge is 0.254 e. The van der Waals surface area contributed by atoms with Crippen LogP contribution in [0.5, 0.6) is 0 Å². The molecular weight excluding hydrogens is 494 g/mol. The van der Waals surface area contributed by atoms with Crippen LogP contribution >= 0.6 is 11.3 Å². The van der Waals surface area contributed by atoms with Gasteiger partial charge in [0, 0.05) is 37.2 Å². The summed E-state index contributed by atoms with van der Waals surface area (Å²) in [4.78, 5) is 32.8. The molecule has 2 aromatic carbocycles. The van der Waals surface area contributed by atoms with Crippen molar-refractivity contribution in [3.05, 3.63) is 93.2 Å². The molecule has 3 aromatic rings. The number of hydrogen-bond acceptors (Lipinski definition) is 5. The topological polar surface area (TPSA) is 61.9 Å². The van der Waals surface area contributed by atoms with Gasteiger partial charge >= 0.3 is 0 Å². The molecule has 5 rings (SSSR count). The Hall–Kier alpha value is -3.00. The average molecular weight is 532 g/mol. The Balaban J connectivity index is 1.28. The number of benzene rings is 2. The van der Waals surface area contributed by atoms with Crippen LogP contribution in [0.15, 0.2) is 66.0 Å². The highest BCUT2D eigenvalue weighted by molar-refractivity contribution is 7.10. The molecule has 3 heterocycles. The number of piperidine rings is 1. The maximum absolute atomic E-state index is 13.9. The van der Waals surface area contributed by atoms with Crippen LogP contribution in [-0.4, -0.2) is 61.5 Å². The van der Waals surface area contributed by atoms with Crippen molar-refractivity contribution in [3.8, 4) is 0 Å². The van der Waals surface area contributed by atoms with E-state index in [9.17, 15) is 9.59 Å². The van der Waals surface area contributed by atoms with Crippen molar-refractivity contribution in [1.29, 1.82) is 0 Å². The molecule has 7 heteroatoms. The van der Waals surface area contributed by atoms with E-state index in [-0.39, 0.29) is 17.9 Å². The zero-order chi connectivity index (χ0) is 26.5. The number of ether oxygens (including phenoxy) is 1. The maximum atomic E-state index is 13.9. The Bertz CT molecular complexity index is 1240. The van der Waals surface area contributed by atoms with Crippen molar-refractivity contribution in [3.63, 3.8) is 0 Å². The highest BCUT2D eigenvalue weighted by Gasteiger charge is 2.44. The summed E-state index contributed by atoms with van der Waals surface area (Å²) < 4.78 is 5.33. The number of thiophene rings is 1. The fraction of sp³-hybridized carbons (Fsp3) is 0.419. The number of likely N-dealkylation sites (tertiary alicyclic amines) is 1. The molecule has 200 valence electrons. The lowest BCUT2D eigenvalue weighted by molar-refractivity contribution is -0.124. The molecule has 1 saturated heterocycles. The van der Waals surface area contributed by atoms with Crippen molar-refractivity contribution in [2.45, 2.75) is 38.3 Å². The zero-order valence-electron chi connectivity index (χ0n) is 22.3. The quantitative estimate of drug-likeness (QED) is 0.422. The Labute approximate surface area is 229 Å². The Morgan fingerprint density at radius 3 is 2.63 bits per heavy atom. The highest BCUT2D eigenvalue weighted by atomic mass is 32.1. The minimum atomic E-state index is -0.458. The summed E-state index contributed by atoms with van der Waals surface area (Å²) in [5, 5.41) is 5.30. The summed E-state index contributed by atoms with van der Waals surface area (Å²) in [5.41, 5.74) is 4.09. The lowest BCUT2D eigenvalue weighted by atomic mass is 9.81. The first-order valence-corrected chi connectivity index (χ1v) is 14.4. The molecule has 0 saturated carbocycles. The Morgan fingerprint density at radius 2 is 1.89 bits per heavy atom. The second-order valence-corrected chi connectivity index (χ2v) is 11.4. The van der Waals surface area contributed by atoms with Crippen LogP contribution in [0.2, 0.25) is 0 Å². The largest absolute Gasteiger partial charge is 0.383 e. The third kappa shape index (κ3) is 5.85. The van der Waals surface area contributed by atoms with Gasteiger partial charge in [-0.05, 0) is 67.4 Å². The average Bonchev–Trinajstić information content (AvgIpc) is 3.47. The lowest BCUT2D eigenvalue weighted by Gasteiger charge is -2.41. The number of hydrogen-bond donors (Lipinski definition) is 1. The van der Waals surface area contributed by atoms with Gasteiger partial charge in [0.2, 0.25) is 5.91 Å². The van der Waals surface area contributed by atoms with Gasteiger partial charge in [-0.3, -0.25) is 14.5 Å². The molecule has 0 bridgehead atoms. The van der Waals surface area contributed by atoms with Gasteiger partial charge in [0.05, 0.1) is 18.6 Å². The highest BCUT2D eigenvalue weighted by Crippen LogP contribution is 2.44. The fourth-order valence-electron chi connectivity index (χ4n) is 5.86. The molecule has 1 aromatic heterocycles. The molecule has 0 aliphatic carbocycles. The van der Waals surface area contributed by atoms with Crippen molar-refractivity contribution in [1.82, 2.24) is 15.1 Å². The Morgan fingerprint density at radius 1 is 1.08 bits per heavy atom. The molecule has 0 radical (unpaired) electrons. The van der Waals surface area contributed by atoms with Crippen LogP contribution in [0.4, 0.5) is 0 Å². The standard InChI is InChI=1S/C31H37N3O3S/c1-22-7-5-8-24(19-22)21-33-14-12-23(13-15-33)20-32-30(35)28-25-9-3-4-10-26(25)31(36)34(16-17-37-2)29(28)27-11-6-18-38-27/h3-11,18-19,23,28-29H,12-17,20-21H2,1-2H3,(H,32,35). The van der Waals surface area contributed by atoms with Crippen molar-refractivity contribution in [2.24, 2.45) is 5.92 Å². The molecule has 1 fully saturated rings. The number of nitrogens with zero attached hydrogens (tertiary/aromatic N) is 2. The van der Waals surface area contributed by atoms with Gasteiger partial charge < -0.3 is 15.0 Å². The summed E-state index contributed by atoms with van der Waals surface area (Å²) >= 11 is 1.59. The number of amides is 2. The van der Waals surface area contributed by atoms with Gasteiger partial charge in [-0.25, -0.2) is 0 Å². The van der Waals surface area contributed by atoms with Crippen LogP contribution in [0.3, 0.4) is 0 Å². The lowest BCUT2D eigenvalue weighted by Crippen LogP contribution is -2.49. The monoisotopic (exact) mass is 531 g/mol. The minimum Gasteiger partial charge on any atom is -0.383 e. The first kappa shape index (κ1) is 26.6. The van der Waals surface area contributed by atoms with E-state index >= 15 is 0 Å². The second kappa shape index (κ2) is 12.2. The molecule has 0 spiro atoms. The van der Waals surface area contributed by atoms with E-state index in [4.69, 9.17) is 4.74 Å². The van der Waals surface area contributed by atoms with Gasteiger partial charge in [0.1, 0.15) is 0 Å². The third-order valence-electron chi connectivity index (χ3n) is 7.85. The van der Waals surface area contributed by atoms with Crippen LogP contribution in [0, 0.1) is 12.8 Å². The number of aryl methyl sites for hydroxylation is 1. The van der Waals surface area contributed by atoms with Crippen LogP contribution < -0.4 is 5.32 Å². The zero-order valence-corrected chi connectivity index (χ0v) is 23.1. The number of nitrogens with one attached hydrogen (secondary N) is 1. The summed E-state index contributed by atoms with van der Waals surface area (Å²) in [6.07, 6.45) is 2.14. The van der Waals surface area contributed by atoms with E-state index in [1.807, 2.05) is 46.7 Å². The van der Waals surface area contributed by atoms with Gasteiger partial charge in [0.25, 0.3) is 5.91 Å². The molecule has 2 unspecified atom stereocenters. The van der Waals surface area contributed by atoms with E-state index in [2.05, 4.69) is 41.4 Å². The van der Waals surface area contributed by atoms with Gasteiger partial charge in [-0.15, -0.1) is 11.3 Å². The fourth-order valence-corrected chi connectivity index (χ4v) is 6.73. The predicted molar refractivity (Wildman–Crippen MR) is 151 cm³/mol. The second-order valence-electron chi connectivity index (χ2n) is 10.5. The van der Waals surface area contributed by atoms with Gasteiger partial charge in [0.15, 0.2) is 0 Å². The number of methoxy groups -OCH3 is 1. The predicted octanol–water partition coefficient (Wildman–Crippen LogP) is 5.01. The van der Waals surface area contributed by atoms with Crippen LogP contribution in [0.25, 0.3) is 0 Å². The van der Waals surface area contributed by atoms with E-state index in [0.29, 0.717) is 31.2 Å². The Kier molecular flexibility index (Phi) is 8.57. The molecule has 6 nitrogen and oxygen atoms in total. The normalized spacial score (nSPS) is 20.4. The van der Waals surface area contributed by atoms with E-state index in [1.165, 1.54) is 11.1 Å². The number of rotatable bonds is 9. The summed E-state index contributed by atoms with van der Waals surface area (Å²) in [6.45, 7) is 6.72. The number of carbonyl (C=O) groups excluding carboxylic acids is 2. The van der Waals surface area contributed by atoms with Crippen molar-refractivity contribution in [2.75, 3.05) is 39.9 Å². The first-order valence-electron chi connectivity index (χ1n) is 13.5. The molecule has 2 aliphatic heterocycles. The molecule has 1 N–H and O–H groups in total. The molecule has 2 atom stereocenters. The number of fused-ring (bicyclic) bond motifs is 1. The summed E-state index contributed by atoms with van der Waals surface area (Å²) in [5.74, 6) is -0.0483. The molecule has 2 amide bonds. The summed E-state index contributed by atoms with van der Waals surface area (Å²) in [7, 11) is 1.64. The number of carbonyl (C=O) groups is 2. The van der Waals surface area contributed by atoms with Crippen LogP contribution in [0.1, 0.15) is 56.7 Å². The first-order chi connectivity index (χ1) is 18.5. The van der Waals surface area contributed by atoms with Crippen molar-refractivity contribution >= 4 is 23.2 Å². The molecule has 38 heavy (non-hydrogen) atoms. The van der Waals surface area contributed by atoms with Crippen LogP contribution in [-0.2, 0) is 16.1 Å². The van der Waals surface area contributed by atoms with E-state index in [0.717, 1.165) is 42.9 Å². The SMILES string of the molecule is COCCN1C(=O)c2ccccc2C(C(=O)NCC2CCN(Cc3cccc(C)c3)CC2)C1c1cccs1. The minimum absolute atomic E-state index is 0.00652. The van der Waals surface area contributed by atoms with E-state index < -0.39 is 5.92 Å². The van der Waals surface area contributed by atoms with Gasteiger partial charge in [-0.1, -0.05) is 54.1 Å². The third-order valence-corrected chi connectivity index (χ3v) is 8.80.